The van der Waals surface area contributed by atoms with E-state index in [0.717, 1.165) is 65.9 Å². The van der Waals surface area contributed by atoms with Crippen LogP contribution in [0.5, 0.6) is 0 Å². The van der Waals surface area contributed by atoms with E-state index in [0.29, 0.717) is 16.9 Å². The summed E-state index contributed by atoms with van der Waals surface area (Å²) in [5.41, 5.74) is 7.66. The van der Waals surface area contributed by atoms with E-state index in [1.54, 1.807) is 12.4 Å². The van der Waals surface area contributed by atoms with E-state index >= 15 is 0 Å². The molecule has 2 aromatic carbocycles. The third kappa shape index (κ3) is 5.15. The Kier molecular flexibility index (Phi) is 6.95. The smallest absolute Gasteiger partial charge is 0.227 e. The molecule has 1 saturated heterocycles. The quantitative estimate of drug-likeness (QED) is 0.341. The van der Waals surface area contributed by atoms with Gasteiger partial charge in [-0.15, -0.1) is 0 Å². The zero-order chi connectivity index (χ0) is 24.4. The lowest BCUT2D eigenvalue weighted by Gasteiger charge is -2.26. The molecule has 1 aliphatic rings. The van der Waals surface area contributed by atoms with Crippen LogP contribution in [-0.2, 0) is 11.3 Å². The molecule has 0 bridgehead atoms. The first-order chi connectivity index (χ1) is 17.0. The van der Waals surface area contributed by atoms with Crippen LogP contribution in [0.1, 0.15) is 35.4 Å². The molecule has 0 amide bonds. The molecule has 180 valence electrons. The Hall–Kier alpha value is -3.06. The fourth-order valence-electron chi connectivity index (χ4n) is 4.81. The van der Waals surface area contributed by atoms with Crippen molar-refractivity contribution in [1.82, 2.24) is 19.9 Å². The summed E-state index contributed by atoms with van der Waals surface area (Å²) in [4.78, 5) is 16.0. The standard InChI is InChI=1S/C28H30ClN5O/c1-18-8-11-30-15-24(18)23-6-7-26(29)25-16-31-28(33-27(23)25)32-21-4-5-22(19-9-12-35-13-10-19)20(14-21)17-34(2)3/h4-8,11,14-16,19H,9-10,12-13,17H2,1-3H3,(H,31,32,33). The number of anilines is 2. The zero-order valence-electron chi connectivity index (χ0n) is 20.4. The predicted octanol–water partition coefficient (Wildman–Crippen LogP) is 6.35. The number of fused-ring (bicyclic) bond motifs is 1. The highest BCUT2D eigenvalue weighted by molar-refractivity contribution is 6.35. The molecule has 0 radical (unpaired) electrons. The average molecular weight is 488 g/mol. The highest BCUT2D eigenvalue weighted by Gasteiger charge is 2.20. The molecule has 5 rings (SSSR count). The van der Waals surface area contributed by atoms with Gasteiger partial charge in [0.25, 0.3) is 0 Å². The molecule has 4 aromatic rings. The van der Waals surface area contributed by atoms with E-state index in [4.69, 9.17) is 21.3 Å². The number of aryl methyl sites for hydroxylation is 1. The minimum atomic E-state index is 0.539. The van der Waals surface area contributed by atoms with E-state index < -0.39 is 0 Å². The Morgan fingerprint density at radius 3 is 2.66 bits per heavy atom. The summed E-state index contributed by atoms with van der Waals surface area (Å²) in [6.07, 6.45) is 7.60. The summed E-state index contributed by atoms with van der Waals surface area (Å²) in [6.45, 7) is 4.61. The first-order valence-electron chi connectivity index (χ1n) is 12.0. The van der Waals surface area contributed by atoms with Crippen molar-refractivity contribution in [2.45, 2.75) is 32.2 Å². The number of aromatic nitrogens is 3. The summed E-state index contributed by atoms with van der Waals surface area (Å²) < 4.78 is 5.58. The van der Waals surface area contributed by atoms with Gasteiger partial charge in [-0.3, -0.25) is 4.98 Å². The van der Waals surface area contributed by atoms with Gasteiger partial charge in [-0.25, -0.2) is 9.97 Å². The van der Waals surface area contributed by atoms with E-state index in [-0.39, 0.29) is 0 Å². The van der Waals surface area contributed by atoms with Crippen LogP contribution >= 0.6 is 11.6 Å². The van der Waals surface area contributed by atoms with Crippen molar-refractivity contribution < 1.29 is 4.74 Å². The molecule has 2 aromatic heterocycles. The maximum atomic E-state index is 6.50. The van der Waals surface area contributed by atoms with Gasteiger partial charge in [-0.05, 0) is 80.7 Å². The molecule has 7 heteroatoms. The van der Waals surface area contributed by atoms with E-state index in [1.807, 2.05) is 24.4 Å². The van der Waals surface area contributed by atoms with E-state index in [2.05, 4.69) is 59.4 Å². The molecular weight excluding hydrogens is 458 g/mol. The van der Waals surface area contributed by atoms with Crippen molar-refractivity contribution in [3.63, 3.8) is 0 Å². The lowest BCUT2D eigenvalue weighted by atomic mass is 9.88. The number of nitrogens with zero attached hydrogens (tertiary/aromatic N) is 4. The number of pyridine rings is 1. The number of ether oxygens (including phenoxy) is 1. The fraction of sp³-hybridized carbons (Fsp3) is 0.321. The third-order valence-corrected chi connectivity index (χ3v) is 6.90. The van der Waals surface area contributed by atoms with Gasteiger partial charge in [0.05, 0.1) is 10.5 Å². The molecular formula is C28H30ClN5O. The predicted molar refractivity (Wildman–Crippen MR) is 142 cm³/mol. The molecule has 1 aliphatic heterocycles. The second kappa shape index (κ2) is 10.3. The van der Waals surface area contributed by atoms with Crippen LogP contribution in [-0.4, -0.2) is 47.2 Å². The average Bonchev–Trinajstić information content (AvgIpc) is 2.85. The van der Waals surface area contributed by atoms with Gasteiger partial charge in [-0.1, -0.05) is 23.7 Å². The molecule has 1 fully saturated rings. The summed E-state index contributed by atoms with van der Waals surface area (Å²) in [5, 5.41) is 4.88. The second-order valence-corrected chi connectivity index (χ2v) is 9.81. The lowest BCUT2D eigenvalue weighted by molar-refractivity contribution is 0.0850. The summed E-state index contributed by atoms with van der Waals surface area (Å²) in [5.74, 6) is 1.08. The minimum absolute atomic E-state index is 0.539. The van der Waals surface area contributed by atoms with Crippen LogP contribution in [0.15, 0.2) is 55.0 Å². The van der Waals surface area contributed by atoms with E-state index in [1.165, 1.54) is 11.1 Å². The topological polar surface area (TPSA) is 63.2 Å². The van der Waals surface area contributed by atoms with Gasteiger partial charge in [0.15, 0.2) is 0 Å². The van der Waals surface area contributed by atoms with Gasteiger partial charge < -0.3 is 15.0 Å². The van der Waals surface area contributed by atoms with Gasteiger partial charge in [0.2, 0.25) is 5.95 Å². The first kappa shape index (κ1) is 23.7. The molecule has 0 aliphatic carbocycles. The van der Waals surface area contributed by atoms with Crippen LogP contribution in [0.4, 0.5) is 11.6 Å². The first-order valence-corrected chi connectivity index (χ1v) is 12.4. The Morgan fingerprint density at radius 2 is 1.89 bits per heavy atom. The van der Waals surface area contributed by atoms with Crippen molar-refractivity contribution in [2.24, 2.45) is 0 Å². The summed E-state index contributed by atoms with van der Waals surface area (Å²) >= 11 is 6.50. The molecule has 0 saturated carbocycles. The molecule has 0 unspecified atom stereocenters. The fourth-order valence-corrected chi connectivity index (χ4v) is 5.01. The monoisotopic (exact) mass is 487 g/mol. The molecule has 1 N–H and O–H groups in total. The molecule has 6 nitrogen and oxygen atoms in total. The number of benzene rings is 2. The number of rotatable bonds is 6. The Bertz CT molecular complexity index is 1350. The SMILES string of the molecule is Cc1ccncc1-c1ccc(Cl)c2cnc(Nc3ccc(C4CCOCC4)c(CN(C)C)c3)nc12. The molecule has 35 heavy (non-hydrogen) atoms. The Balaban J connectivity index is 1.51. The minimum Gasteiger partial charge on any atom is -0.381 e. The summed E-state index contributed by atoms with van der Waals surface area (Å²) in [6, 6.07) is 12.5. The van der Waals surface area contributed by atoms with Crippen molar-refractivity contribution in [3.05, 3.63) is 76.7 Å². The number of nitrogens with one attached hydrogen (secondary N) is 1. The number of halogens is 1. The maximum absolute atomic E-state index is 6.50. The van der Waals surface area contributed by atoms with Crippen LogP contribution in [0.2, 0.25) is 5.02 Å². The maximum Gasteiger partial charge on any atom is 0.227 e. The van der Waals surface area contributed by atoms with Gasteiger partial charge in [0.1, 0.15) is 0 Å². The number of hydrogen-bond acceptors (Lipinski definition) is 6. The molecule has 0 atom stereocenters. The Labute approximate surface area is 211 Å². The normalized spacial score (nSPS) is 14.5. The van der Waals surface area contributed by atoms with Crippen molar-refractivity contribution >= 4 is 34.1 Å². The Morgan fingerprint density at radius 1 is 1.06 bits per heavy atom. The van der Waals surface area contributed by atoms with Crippen molar-refractivity contribution in [2.75, 3.05) is 32.6 Å². The van der Waals surface area contributed by atoms with Crippen molar-refractivity contribution in [1.29, 1.82) is 0 Å². The molecule has 0 spiro atoms. The number of hydrogen-bond donors (Lipinski definition) is 1. The van der Waals surface area contributed by atoms with Crippen molar-refractivity contribution in [3.8, 4) is 11.1 Å². The molecule has 3 heterocycles. The summed E-state index contributed by atoms with van der Waals surface area (Å²) in [7, 11) is 4.21. The largest absolute Gasteiger partial charge is 0.381 e. The zero-order valence-corrected chi connectivity index (χ0v) is 21.1. The lowest BCUT2D eigenvalue weighted by Crippen LogP contribution is -2.18. The van der Waals surface area contributed by atoms with Gasteiger partial charge in [0, 0.05) is 60.5 Å². The van der Waals surface area contributed by atoms with Crippen LogP contribution in [0, 0.1) is 6.92 Å². The van der Waals surface area contributed by atoms with Crippen LogP contribution < -0.4 is 5.32 Å². The van der Waals surface area contributed by atoms with Gasteiger partial charge in [-0.2, -0.15) is 0 Å². The van der Waals surface area contributed by atoms with Crippen LogP contribution in [0.25, 0.3) is 22.0 Å². The second-order valence-electron chi connectivity index (χ2n) is 9.40. The van der Waals surface area contributed by atoms with Gasteiger partial charge >= 0.3 is 0 Å². The van der Waals surface area contributed by atoms with Crippen LogP contribution in [0.3, 0.4) is 0 Å². The highest BCUT2D eigenvalue weighted by atomic mass is 35.5. The van der Waals surface area contributed by atoms with E-state index in [9.17, 15) is 0 Å². The highest BCUT2D eigenvalue weighted by Crippen LogP contribution is 2.35. The third-order valence-electron chi connectivity index (χ3n) is 6.57.